The first kappa shape index (κ1) is 19.8. The summed E-state index contributed by atoms with van der Waals surface area (Å²) in [7, 11) is 3.71. The highest BCUT2D eigenvalue weighted by molar-refractivity contribution is 5.77. The van der Waals surface area contributed by atoms with Crippen LogP contribution in [0.2, 0.25) is 0 Å². The summed E-state index contributed by atoms with van der Waals surface area (Å²) in [6.07, 6.45) is 3.38. The van der Waals surface area contributed by atoms with E-state index in [-0.39, 0.29) is 24.8 Å². The Morgan fingerprint density at radius 3 is 2.69 bits per heavy atom. The fourth-order valence-corrected chi connectivity index (χ4v) is 2.60. The number of carbonyl (C=O) groups excluding carboxylic acids is 1. The Bertz CT molecular complexity index is 677. The zero-order valence-corrected chi connectivity index (χ0v) is 15.1. The van der Waals surface area contributed by atoms with Gasteiger partial charge in [-0.3, -0.25) is 14.3 Å². The van der Waals surface area contributed by atoms with Gasteiger partial charge < -0.3 is 10.2 Å². The highest BCUT2D eigenvalue weighted by Gasteiger charge is 2.14. The quantitative estimate of drug-likeness (QED) is 0.657. The summed E-state index contributed by atoms with van der Waals surface area (Å²) < 4.78 is 26.4. The number of anilines is 1. The van der Waals surface area contributed by atoms with Crippen LogP contribution in [-0.2, 0) is 11.3 Å². The Morgan fingerprint density at radius 2 is 2.00 bits per heavy atom. The summed E-state index contributed by atoms with van der Waals surface area (Å²) in [6, 6.07) is 10.0. The molecule has 2 rings (SSSR count). The molecule has 6 nitrogen and oxygen atoms in total. The molecule has 8 heteroatoms. The molecule has 0 unspecified atom stereocenters. The van der Waals surface area contributed by atoms with Gasteiger partial charge in [-0.15, -0.1) is 0 Å². The molecule has 1 aromatic carbocycles. The normalized spacial score (nSPS) is 11.2. The number of nitrogens with zero attached hydrogens (tertiary/aromatic N) is 4. The summed E-state index contributed by atoms with van der Waals surface area (Å²) >= 11 is 0. The molecule has 0 bridgehead atoms. The second-order valence-electron chi connectivity index (χ2n) is 6.16. The zero-order chi connectivity index (χ0) is 18.9. The molecule has 0 aliphatic heterocycles. The lowest BCUT2D eigenvalue weighted by molar-refractivity contribution is -0.122. The summed E-state index contributed by atoms with van der Waals surface area (Å²) in [6.45, 7) is -0.926. The van der Waals surface area contributed by atoms with Crippen molar-refractivity contribution in [1.29, 1.82) is 0 Å². The van der Waals surface area contributed by atoms with Gasteiger partial charge in [0.05, 0.1) is 13.1 Å². The number of halogens is 2. The van der Waals surface area contributed by atoms with E-state index >= 15 is 0 Å². The van der Waals surface area contributed by atoms with Gasteiger partial charge in [-0.1, -0.05) is 18.2 Å². The number of hydrogen-bond donors (Lipinski definition) is 1. The number of likely N-dealkylation sites (N-methyl/N-ethyl adjacent to an activating group) is 1. The second-order valence-corrected chi connectivity index (χ2v) is 6.16. The molecule has 0 atom stereocenters. The number of aromatic nitrogens is 2. The third kappa shape index (κ3) is 6.11. The fraction of sp³-hybridized carbons (Fsp3) is 0.444. The van der Waals surface area contributed by atoms with Crippen molar-refractivity contribution in [1.82, 2.24) is 19.8 Å². The number of hydrogen-bond acceptors (Lipinski definition) is 4. The predicted octanol–water partition coefficient (Wildman–Crippen LogP) is 2.35. The zero-order valence-electron chi connectivity index (χ0n) is 15.1. The maximum Gasteiger partial charge on any atom is 0.319 e. The molecule has 0 fully saturated rings. The standard InChI is InChI=1S/C18H25F2N5O/c1-23(13-16-21-10-12-25(16)18(19)20)14-17(26)22-9-6-11-24(2)15-7-4-3-5-8-15/h3-5,7-8,10,12,18H,6,9,11,13-14H2,1-2H3,(H,22,26). The number of carbonyl (C=O) groups is 1. The van der Waals surface area contributed by atoms with Gasteiger partial charge in [0.1, 0.15) is 5.82 Å². The average molecular weight is 365 g/mol. The molecular formula is C18H25F2N5O. The Hall–Kier alpha value is -2.48. The van der Waals surface area contributed by atoms with E-state index in [0.717, 1.165) is 23.2 Å². The molecule has 2 aromatic rings. The summed E-state index contributed by atoms with van der Waals surface area (Å²) in [5, 5.41) is 2.85. The van der Waals surface area contributed by atoms with Crippen LogP contribution in [0, 0.1) is 0 Å². The Balaban J connectivity index is 1.66. The SMILES string of the molecule is CN(CC(=O)NCCCN(C)c1ccccc1)Cc1nccn1C(F)F. The number of benzene rings is 1. The molecular weight excluding hydrogens is 340 g/mol. The van der Waals surface area contributed by atoms with Gasteiger partial charge in [0.2, 0.25) is 5.91 Å². The maximum atomic E-state index is 12.8. The van der Waals surface area contributed by atoms with Crippen LogP contribution in [0.5, 0.6) is 0 Å². The number of imidazole rings is 1. The topological polar surface area (TPSA) is 53.4 Å². The van der Waals surface area contributed by atoms with Crippen LogP contribution < -0.4 is 10.2 Å². The van der Waals surface area contributed by atoms with Crippen molar-refractivity contribution < 1.29 is 13.6 Å². The van der Waals surface area contributed by atoms with Gasteiger partial charge in [-0.05, 0) is 25.6 Å². The molecule has 0 aliphatic carbocycles. The van der Waals surface area contributed by atoms with Gasteiger partial charge in [0.15, 0.2) is 0 Å². The molecule has 1 aromatic heterocycles. The first-order valence-electron chi connectivity index (χ1n) is 8.48. The molecule has 0 aliphatic rings. The van der Waals surface area contributed by atoms with Gasteiger partial charge >= 0.3 is 6.55 Å². The van der Waals surface area contributed by atoms with E-state index in [4.69, 9.17) is 0 Å². The molecule has 0 spiro atoms. The minimum atomic E-state index is -2.63. The van der Waals surface area contributed by atoms with E-state index in [2.05, 4.69) is 15.2 Å². The largest absolute Gasteiger partial charge is 0.375 e. The van der Waals surface area contributed by atoms with Gasteiger partial charge in [0, 0.05) is 38.2 Å². The van der Waals surface area contributed by atoms with E-state index in [1.54, 1.807) is 11.9 Å². The molecule has 1 heterocycles. The first-order chi connectivity index (χ1) is 12.5. The van der Waals surface area contributed by atoms with Crippen molar-refractivity contribution in [3.8, 4) is 0 Å². The highest BCUT2D eigenvalue weighted by atomic mass is 19.3. The van der Waals surface area contributed by atoms with Gasteiger partial charge in [-0.25, -0.2) is 4.98 Å². The summed E-state index contributed by atoms with van der Waals surface area (Å²) in [5.41, 5.74) is 1.13. The minimum Gasteiger partial charge on any atom is -0.375 e. The molecule has 1 amide bonds. The monoisotopic (exact) mass is 365 g/mol. The average Bonchev–Trinajstić information content (AvgIpc) is 3.07. The Morgan fingerprint density at radius 1 is 1.27 bits per heavy atom. The molecule has 0 saturated heterocycles. The number of rotatable bonds is 10. The highest BCUT2D eigenvalue weighted by Crippen LogP contribution is 2.13. The van der Waals surface area contributed by atoms with Crippen molar-refractivity contribution in [3.05, 3.63) is 48.5 Å². The van der Waals surface area contributed by atoms with Crippen molar-refractivity contribution in [3.63, 3.8) is 0 Å². The second kappa shape index (κ2) is 9.86. The molecule has 0 saturated carbocycles. The number of nitrogens with one attached hydrogen (secondary N) is 1. The summed E-state index contributed by atoms with van der Waals surface area (Å²) in [5.74, 6) is 0.102. The molecule has 142 valence electrons. The third-order valence-electron chi connectivity index (χ3n) is 3.97. The van der Waals surface area contributed by atoms with Crippen LogP contribution in [0.15, 0.2) is 42.7 Å². The lowest BCUT2D eigenvalue weighted by Crippen LogP contribution is -2.36. The Kier molecular flexibility index (Phi) is 7.53. The van der Waals surface area contributed by atoms with E-state index in [1.807, 2.05) is 37.4 Å². The number of alkyl halides is 2. The Labute approximate surface area is 152 Å². The van der Waals surface area contributed by atoms with Crippen LogP contribution in [-0.4, -0.2) is 54.1 Å². The number of amides is 1. The smallest absolute Gasteiger partial charge is 0.319 e. The lowest BCUT2D eigenvalue weighted by Gasteiger charge is -2.20. The minimum absolute atomic E-state index is 0.130. The van der Waals surface area contributed by atoms with E-state index in [0.29, 0.717) is 6.54 Å². The fourth-order valence-electron chi connectivity index (χ4n) is 2.60. The molecule has 26 heavy (non-hydrogen) atoms. The van der Waals surface area contributed by atoms with Crippen LogP contribution in [0.1, 0.15) is 18.8 Å². The summed E-state index contributed by atoms with van der Waals surface area (Å²) in [4.78, 5) is 19.7. The number of para-hydroxylation sites is 1. The van der Waals surface area contributed by atoms with Crippen LogP contribution in [0.3, 0.4) is 0 Å². The lowest BCUT2D eigenvalue weighted by atomic mass is 10.3. The van der Waals surface area contributed by atoms with Crippen LogP contribution in [0.25, 0.3) is 0 Å². The van der Waals surface area contributed by atoms with Crippen molar-refractivity contribution in [2.75, 3.05) is 38.6 Å². The molecule has 0 radical (unpaired) electrons. The first-order valence-corrected chi connectivity index (χ1v) is 8.48. The predicted molar refractivity (Wildman–Crippen MR) is 97.2 cm³/mol. The van der Waals surface area contributed by atoms with Gasteiger partial charge in [-0.2, -0.15) is 8.78 Å². The van der Waals surface area contributed by atoms with E-state index in [1.165, 1.54) is 12.4 Å². The third-order valence-corrected chi connectivity index (χ3v) is 3.97. The van der Waals surface area contributed by atoms with E-state index < -0.39 is 6.55 Å². The van der Waals surface area contributed by atoms with Gasteiger partial charge in [0.25, 0.3) is 0 Å². The molecule has 1 N–H and O–H groups in total. The van der Waals surface area contributed by atoms with Crippen LogP contribution in [0.4, 0.5) is 14.5 Å². The van der Waals surface area contributed by atoms with E-state index in [9.17, 15) is 13.6 Å². The van der Waals surface area contributed by atoms with Crippen LogP contribution >= 0.6 is 0 Å². The van der Waals surface area contributed by atoms with Crippen molar-refractivity contribution in [2.45, 2.75) is 19.5 Å². The maximum absolute atomic E-state index is 12.8. The van der Waals surface area contributed by atoms with Crippen molar-refractivity contribution >= 4 is 11.6 Å². The van der Waals surface area contributed by atoms with Crippen molar-refractivity contribution in [2.24, 2.45) is 0 Å².